The van der Waals surface area contributed by atoms with Crippen molar-refractivity contribution < 1.29 is 23.6 Å². The quantitative estimate of drug-likeness (QED) is 0.344. The van der Waals surface area contributed by atoms with Crippen LogP contribution in [0.1, 0.15) is 88.7 Å². The molecule has 4 amide bonds. The summed E-state index contributed by atoms with van der Waals surface area (Å²) in [6.07, 6.45) is 5.20. The van der Waals surface area contributed by atoms with Crippen LogP contribution in [0.15, 0.2) is 30.5 Å². The summed E-state index contributed by atoms with van der Waals surface area (Å²) in [6.45, 7) is 12.1. The van der Waals surface area contributed by atoms with Crippen LogP contribution >= 0.6 is 0 Å². The molecule has 1 aromatic heterocycles. The van der Waals surface area contributed by atoms with Crippen molar-refractivity contribution in [2.75, 3.05) is 32.0 Å². The maximum absolute atomic E-state index is 15.7. The summed E-state index contributed by atoms with van der Waals surface area (Å²) in [4.78, 5) is 57.1. The molecule has 0 bridgehead atoms. The Labute approximate surface area is 271 Å². The molecule has 1 aromatic carbocycles. The number of amides is 4. The Hall–Kier alpha value is -3.80. The van der Waals surface area contributed by atoms with Gasteiger partial charge in [-0.2, -0.15) is 5.10 Å². The smallest absolute Gasteiger partial charge is 0.270 e. The second-order valence-electron chi connectivity index (χ2n) is 13.1. The van der Waals surface area contributed by atoms with Gasteiger partial charge in [0, 0.05) is 50.8 Å². The first-order chi connectivity index (χ1) is 21.9. The zero-order valence-corrected chi connectivity index (χ0v) is 28.0. The lowest BCUT2D eigenvalue weighted by Gasteiger charge is -2.41. The van der Waals surface area contributed by atoms with E-state index in [0.29, 0.717) is 30.3 Å². The summed E-state index contributed by atoms with van der Waals surface area (Å²) < 4.78 is 17.2. The molecule has 1 saturated carbocycles. The van der Waals surface area contributed by atoms with E-state index in [2.05, 4.69) is 32.9 Å². The van der Waals surface area contributed by atoms with Crippen LogP contribution in [0, 0.1) is 17.7 Å². The second-order valence-corrected chi connectivity index (χ2v) is 13.1. The van der Waals surface area contributed by atoms with Crippen molar-refractivity contribution in [1.29, 1.82) is 0 Å². The van der Waals surface area contributed by atoms with Crippen molar-refractivity contribution in [3.05, 3.63) is 47.5 Å². The fraction of sp³-hybridized carbons (Fsp3) is 0.618. The van der Waals surface area contributed by atoms with Crippen molar-refractivity contribution in [1.82, 2.24) is 30.2 Å². The number of carbonyl (C=O) groups is 4. The van der Waals surface area contributed by atoms with E-state index in [1.165, 1.54) is 12.1 Å². The van der Waals surface area contributed by atoms with Gasteiger partial charge in [0.1, 0.15) is 23.6 Å². The van der Waals surface area contributed by atoms with E-state index in [1.807, 2.05) is 20.9 Å². The molecule has 252 valence electrons. The highest BCUT2D eigenvalue weighted by atomic mass is 19.1. The van der Waals surface area contributed by atoms with E-state index in [9.17, 15) is 19.2 Å². The molecule has 0 unspecified atom stereocenters. The van der Waals surface area contributed by atoms with Crippen molar-refractivity contribution in [2.24, 2.45) is 11.8 Å². The van der Waals surface area contributed by atoms with Gasteiger partial charge < -0.3 is 25.8 Å². The Bertz CT molecular complexity index is 1390. The lowest BCUT2D eigenvalue weighted by Crippen LogP contribution is -2.59. The third-order valence-electron chi connectivity index (χ3n) is 9.64. The van der Waals surface area contributed by atoms with E-state index < -0.39 is 35.6 Å². The number of halogens is 1. The molecule has 11 nitrogen and oxygen atoms in total. The average Bonchev–Trinajstić information content (AvgIpc) is 3.52. The SMILES string of the molecule is CCC(=O)N[C@@H](C(=O)N1CCN(C)C[C@H]1C)[C@@H](C)c1ccc(NC(=O)[C@@H](NC(=O)c2ccnn2CC)[C@H]2CC[C@H](C)CC2)c(F)c1. The number of hydrogen-bond donors (Lipinski definition) is 3. The van der Waals surface area contributed by atoms with Gasteiger partial charge >= 0.3 is 0 Å². The predicted octanol–water partition coefficient (Wildman–Crippen LogP) is 3.77. The van der Waals surface area contributed by atoms with Crippen LogP contribution in [0.4, 0.5) is 10.1 Å². The van der Waals surface area contributed by atoms with Crippen LogP contribution in [-0.2, 0) is 20.9 Å². The Kier molecular flexibility index (Phi) is 11.9. The fourth-order valence-electron chi connectivity index (χ4n) is 6.65. The first kappa shape index (κ1) is 35.1. The van der Waals surface area contributed by atoms with E-state index >= 15 is 4.39 Å². The van der Waals surface area contributed by atoms with Gasteiger partial charge in [-0.3, -0.25) is 23.9 Å². The second kappa shape index (κ2) is 15.7. The first-order valence-electron chi connectivity index (χ1n) is 16.6. The number of aryl methyl sites for hydroxylation is 1. The molecular weight excluding hydrogens is 589 g/mol. The van der Waals surface area contributed by atoms with Gasteiger partial charge in [0.15, 0.2) is 0 Å². The number of anilines is 1. The third kappa shape index (κ3) is 8.31. The van der Waals surface area contributed by atoms with Gasteiger partial charge in [0.2, 0.25) is 17.7 Å². The molecule has 2 aromatic rings. The third-order valence-corrected chi connectivity index (χ3v) is 9.64. The van der Waals surface area contributed by atoms with Crippen LogP contribution in [-0.4, -0.2) is 88.0 Å². The number of carbonyl (C=O) groups excluding carboxylic acids is 4. The molecule has 1 aliphatic carbocycles. The van der Waals surface area contributed by atoms with Crippen molar-refractivity contribution in [2.45, 2.75) is 97.3 Å². The maximum Gasteiger partial charge on any atom is 0.270 e. The number of likely N-dealkylation sites (N-methyl/N-ethyl adjacent to an activating group) is 1. The summed E-state index contributed by atoms with van der Waals surface area (Å²) in [5, 5.41) is 12.7. The minimum atomic E-state index is -0.872. The van der Waals surface area contributed by atoms with Crippen LogP contribution in [0.5, 0.6) is 0 Å². The number of benzene rings is 1. The number of piperazine rings is 1. The topological polar surface area (TPSA) is 129 Å². The highest BCUT2D eigenvalue weighted by molar-refractivity contribution is 6.00. The lowest BCUT2D eigenvalue weighted by molar-refractivity contribution is -0.140. The van der Waals surface area contributed by atoms with Gasteiger partial charge in [0.05, 0.1) is 5.69 Å². The molecule has 1 saturated heterocycles. The molecule has 0 spiro atoms. The van der Waals surface area contributed by atoms with Crippen LogP contribution in [0.25, 0.3) is 0 Å². The van der Waals surface area contributed by atoms with E-state index in [0.717, 1.165) is 38.8 Å². The molecule has 4 atom stereocenters. The van der Waals surface area contributed by atoms with Gasteiger partial charge in [0.25, 0.3) is 5.91 Å². The minimum absolute atomic E-state index is 0.0175. The summed E-state index contributed by atoms with van der Waals surface area (Å²) in [5.41, 5.74) is 0.862. The molecule has 3 N–H and O–H groups in total. The summed E-state index contributed by atoms with van der Waals surface area (Å²) in [6, 6.07) is 4.32. The van der Waals surface area contributed by atoms with Crippen molar-refractivity contribution in [3.8, 4) is 0 Å². The number of hydrogen-bond acceptors (Lipinski definition) is 6. The molecule has 46 heavy (non-hydrogen) atoms. The molecule has 2 fully saturated rings. The first-order valence-corrected chi connectivity index (χ1v) is 16.6. The molecular formula is C34H50FN7O4. The zero-order valence-electron chi connectivity index (χ0n) is 28.0. The standard InChI is InChI=1S/C34H50FN7O4/c1-7-29(43)38-30(34(46)41-18-17-40(6)20-22(41)4)23(5)25-13-14-27(26(35)19-25)37-33(45)31(24-11-9-21(3)10-12-24)39-32(44)28-15-16-36-42(28)8-2/h13-16,19,21-24,30-31H,7-12,17-18,20H2,1-6H3,(H,37,45)(H,38,43)(H,39,44)/t21-,22-,23+,24-,30-,31+/m1/s1. The molecule has 0 radical (unpaired) electrons. The van der Waals surface area contributed by atoms with E-state index in [-0.39, 0.29) is 35.9 Å². The zero-order chi connectivity index (χ0) is 33.5. The maximum atomic E-state index is 15.7. The number of rotatable bonds is 11. The van der Waals surface area contributed by atoms with Gasteiger partial charge in [-0.25, -0.2) is 4.39 Å². The lowest BCUT2D eigenvalue weighted by atomic mass is 9.79. The fourth-order valence-corrected chi connectivity index (χ4v) is 6.65. The normalized spacial score (nSPS) is 22.4. The monoisotopic (exact) mass is 639 g/mol. The predicted molar refractivity (Wildman–Crippen MR) is 175 cm³/mol. The Morgan fingerprint density at radius 1 is 1.02 bits per heavy atom. The van der Waals surface area contributed by atoms with Crippen LogP contribution < -0.4 is 16.0 Å². The van der Waals surface area contributed by atoms with Gasteiger partial charge in [-0.15, -0.1) is 0 Å². The van der Waals surface area contributed by atoms with E-state index in [1.54, 1.807) is 41.8 Å². The summed E-state index contributed by atoms with van der Waals surface area (Å²) in [5.74, 6) is -2.09. The largest absolute Gasteiger partial charge is 0.344 e. The van der Waals surface area contributed by atoms with Crippen molar-refractivity contribution >= 4 is 29.3 Å². The Morgan fingerprint density at radius 2 is 1.74 bits per heavy atom. The molecule has 2 aliphatic rings. The van der Waals surface area contributed by atoms with Crippen LogP contribution in [0.3, 0.4) is 0 Å². The number of nitrogens with zero attached hydrogens (tertiary/aromatic N) is 4. The van der Waals surface area contributed by atoms with Crippen molar-refractivity contribution in [3.63, 3.8) is 0 Å². The van der Waals surface area contributed by atoms with Gasteiger partial charge in [-0.1, -0.05) is 39.7 Å². The number of nitrogens with one attached hydrogen (secondary N) is 3. The molecule has 12 heteroatoms. The van der Waals surface area contributed by atoms with E-state index in [4.69, 9.17) is 0 Å². The molecule has 1 aliphatic heterocycles. The average molecular weight is 640 g/mol. The Morgan fingerprint density at radius 3 is 2.37 bits per heavy atom. The highest BCUT2D eigenvalue weighted by Gasteiger charge is 2.36. The highest BCUT2D eigenvalue weighted by Crippen LogP contribution is 2.32. The van der Waals surface area contributed by atoms with Crippen LogP contribution in [0.2, 0.25) is 0 Å². The molecule has 2 heterocycles. The summed E-state index contributed by atoms with van der Waals surface area (Å²) >= 11 is 0. The Balaban J connectivity index is 1.53. The summed E-state index contributed by atoms with van der Waals surface area (Å²) in [7, 11) is 2.01. The van der Waals surface area contributed by atoms with Gasteiger partial charge in [-0.05, 0) is 69.3 Å². The minimum Gasteiger partial charge on any atom is -0.344 e. The molecule has 4 rings (SSSR count). The number of aromatic nitrogens is 2.